The monoisotopic (exact) mass is 160 g/mol. The first-order chi connectivity index (χ1) is 3.66. The van der Waals surface area contributed by atoms with Crippen LogP contribution in [-0.4, -0.2) is 74.0 Å². The molecule has 0 aliphatic carbocycles. The molecular formula is C4H9KO4. The van der Waals surface area contributed by atoms with E-state index < -0.39 is 12.4 Å². The molecule has 0 amide bonds. The molecule has 0 fully saturated rings. The fourth-order valence-corrected chi connectivity index (χ4v) is 0.201. The van der Waals surface area contributed by atoms with E-state index in [1.54, 1.807) is 6.92 Å². The third kappa shape index (κ3) is 9.03. The number of aliphatic hydroxyl groups excluding tert-OH is 1. The van der Waals surface area contributed by atoms with Crippen LogP contribution in [0, 0.1) is 0 Å². The minimum atomic E-state index is -1.97. The Morgan fingerprint density at radius 1 is 1.67 bits per heavy atom. The molecule has 0 aliphatic heterocycles. The third-order valence-electron chi connectivity index (χ3n) is 0.526. The topological polar surface area (TPSA) is 66.8 Å². The fourth-order valence-electron chi connectivity index (χ4n) is 0.201. The van der Waals surface area contributed by atoms with Crippen LogP contribution in [0.2, 0.25) is 0 Å². The van der Waals surface area contributed by atoms with Crippen LogP contribution in [0.15, 0.2) is 0 Å². The summed E-state index contributed by atoms with van der Waals surface area (Å²) in [5.41, 5.74) is 0. The second-order valence-electron chi connectivity index (χ2n) is 1.17. The number of carbonyl (C=O) groups excluding carboxylic acids is 1. The van der Waals surface area contributed by atoms with E-state index in [9.17, 15) is 4.79 Å². The van der Waals surface area contributed by atoms with Crippen molar-refractivity contribution in [2.45, 2.75) is 19.8 Å². The van der Waals surface area contributed by atoms with Gasteiger partial charge in [-0.2, -0.15) is 0 Å². The molecule has 4 nitrogen and oxygen atoms in total. The quantitative estimate of drug-likeness (QED) is 0.295. The number of hydrogen-bond acceptors (Lipinski definition) is 4. The molecule has 5 heteroatoms. The van der Waals surface area contributed by atoms with Crippen LogP contribution >= 0.6 is 0 Å². The van der Waals surface area contributed by atoms with Gasteiger partial charge in [-0.25, -0.2) is 0 Å². The summed E-state index contributed by atoms with van der Waals surface area (Å²) < 4.78 is 3.87. The number of carbonyl (C=O) groups is 1. The van der Waals surface area contributed by atoms with E-state index in [-0.39, 0.29) is 57.8 Å². The summed E-state index contributed by atoms with van der Waals surface area (Å²) in [6.45, 7) is -0.410. The molecule has 50 valence electrons. The Morgan fingerprint density at radius 2 is 2.11 bits per heavy atom. The van der Waals surface area contributed by atoms with Gasteiger partial charge in [-0.1, -0.05) is 6.92 Å². The van der Waals surface area contributed by atoms with Crippen LogP contribution in [0.4, 0.5) is 0 Å². The van der Waals surface area contributed by atoms with Crippen molar-refractivity contribution >= 4 is 57.4 Å². The van der Waals surface area contributed by atoms with E-state index in [0.717, 1.165) is 0 Å². The first kappa shape index (κ1) is 12.7. The number of hydrogen-bond donors (Lipinski definition) is 2. The van der Waals surface area contributed by atoms with E-state index in [2.05, 4.69) is 4.74 Å². The van der Waals surface area contributed by atoms with E-state index >= 15 is 0 Å². The van der Waals surface area contributed by atoms with Crippen molar-refractivity contribution in [1.82, 2.24) is 0 Å². The van der Waals surface area contributed by atoms with Crippen LogP contribution in [0.25, 0.3) is 0 Å². The Kier molecular flexibility index (Phi) is 10.1. The molecule has 0 aromatic carbocycles. The van der Waals surface area contributed by atoms with Gasteiger partial charge in [0.05, 0.1) is 0 Å². The second kappa shape index (κ2) is 7.14. The summed E-state index contributed by atoms with van der Waals surface area (Å²) in [6, 6.07) is 0. The Morgan fingerprint density at radius 3 is 2.22 bits per heavy atom. The summed E-state index contributed by atoms with van der Waals surface area (Å²) >= 11 is 0. The summed E-state index contributed by atoms with van der Waals surface area (Å²) in [6.07, 6.45) is 0.150. The van der Waals surface area contributed by atoms with Crippen molar-refractivity contribution in [3.05, 3.63) is 0 Å². The fraction of sp³-hybridized carbons (Fsp3) is 0.750. The predicted octanol–water partition coefficient (Wildman–Crippen LogP) is -1.44. The molecule has 0 aromatic heterocycles. The van der Waals surface area contributed by atoms with Gasteiger partial charge in [0.15, 0.2) is 0 Å². The molecule has 0 radical (unpaired) electrons. The van der Waals surface area contributed by atoms with Crippen molar-refractivity contribution in [3.8, 4) is 0 Å². The SMILES string of the molecule is CCC(=O)OC(O)O.[KH]. The van der Waals surface area contributed by atoms with Crippen molar-refractivity contribution < 1.29 is 19.7 Å². The van der Waals surface area contributed by atoms with Crippen molar-refractivity contribution in [3.63, 3.8) is 0 Å². The van der Waals surface area contributed by atoms with Crippen LogP contribution in [0.3, 0.4) is 0 Å². The normalized spacial score (nSPS) is 8.44. The molecule has 0 saturated carbocycles. The average Bonchev–Trinajstić information content (AvgIpc) is 1.65. The zero-order valence-corrected chi connectivity index (χ0v) is 4.50. The third-order valence-corrected chi connectivity index (χ3v) is 0.526. The first-order valence-corrected chi connectivity index (χ1v) is 2.22. The van der Waals surface area contributed by atoms with Crippen LogP contribution in [-0.2, 0) is 9.53 Å². The van der Waals surface area contributed by atoms with Gasteiger partial charge in [-0.05, 0) is 0 Å². The molecule has 9 heavy (non-hydrogen) atoms. The zero-order chi connectivity index (χ0) is 6.57. The Balaban J connectivity index is 0. The zero-order valence-electron chi connectivity index (χ0n) is 4.50. The second-order valence-corrected chi connectivity index (χ2v) is 1.17. The van der Waals surface area contributed by atoms with Gasteiger partial charge in [0.2, 0.25) is 0 Å². The van der Waals surface area contributed by atoms with Gasteiger partial charge >= 0.3 is 63.8 Å². The van der Waals surface area contributed by atoms with E-state index in [0.29, 0.717) is 0 Å². The van der Waals surface area contributed by atoms with Gasteiger partial charge in [-0.3, -0.25) is 4.79 Å². The summed E-state index contributed by atoms with van der Waals surface area (Å²) in [4.78, 5) is 10.1. The predicted molar refractivity (Wildman–Crippen MR) is 31.8 cm³/mol. The Labute approximate surface area is 95.6 Å². The number of aliphatic hydroxyl groups is 2. The molecule has 0 atom stereocenters. The number of rotatable bonds is 2. The molecule has 0 aliphatic rings. The van der Waals surface area contributed by atoms with Crippen molar-refractivity contribution in [1.29, 1.82) is 0 Å². The first-order valence-electron chi connectivity index (χ1n) is 2.22. The van der Waals surface area contributed by atoms with Crippen LogP contribution < -0.4 is 0 Å². The van der Waals surface area contributed by atoms with E-state index in [4.69, 9.17) is 10.2 Å². The molecule has 0 spiro atoms. The average molecular weight is 160 g/mol. The molecule has 2 N–H and O–H groups in total. The van der Waals surface area contributed by atoms with Gasteiger partial charge in [0.25, 0.3) is 0 Å². The molecular weight excluding hydrogens is 151 g/mol. The molecule has 0 heterocycles. The van der Waals surface area contributed by atoms with E-state index in [1.165, 1.54) is 0 Å². The van der Waals surface area contributed by atoms with Gasteiger partial charge in [0.1, 0.15) is 0 Å². The Hall–Kier alpha value is 1.03. The summed E-state index contributed by atoms with van der Waals surface area (Å²) in [5, 5.41) is 15.9. The van der Waals surface area contributed by atoms with Crippen molar-refractivity contribution in [2.75, 3.05) is 0 Å². The van der Waals surface area contributed by atoms with E-state index in [1.807, 2.05) is 0 Å². The van der Waals surface area contributed by atoms with Crippen LogP contribution in [0.5, 0.6) is 0 Å². The molecule has 0 aromatic rings. The summed E-state index contributed by atoms with van der Waals surface area (Å²) in [7, 11) is 0. The molecule has 0 unspecified atom stereocenters. The molecule has 0 saturated heterocycles. The maximum atomic E-state index is 10.1. The van der Waals surface area contributed by atoms with Crippen LogP contribution in [0.1, 0.15) is 13.3 Å². The van der Waals surface area contributed by atoms with Gasteiger partial charge in [-0.15, -0.1) is 0 Å². The Bertz CT molecular complexity index is 82.6. The van der Waals surface area contributed by atoms with Crippen molar-refractivity contribution in [2.24, 2.45) is 0 Å². The molecule has 0 bridgehead atoms. The maximum absolute atomic E-state index is 10.1. The standard InChI is InChI=1S/C4H8O4.K.H/c1-2-3(5)8-4(6)7;;/h4,6-7H,2H2,1H3;;. The number of ether oxygens (including phenoxy) is 1. The molecule has 0 rings (SSSR count). The van der Waals surface area contributed by atoms with Gasteiger partial charge in [0, 0.05) is 6.42 Å². The number of esters is 1. The van der Waals surface area contributed by atoms with Gasteiger partial charge < -0.3 is 14.9 Å². The summed E-state index contributed by atoms with van der Waals surface area (Å²) in [5.74, 6) is -0.625. The minimum absolute atomic E-state index is 0.